The largest absolute Gasteiger partial charge is 0.399 e. The first-order chi connectivity index (χ1) is 9.76. The van der Waals surface area contributed by atoms with Gasteiger partial charge in [-0.2, -0.15) is 16.1 Å². The van der Waals surface area contributed by atoms with E-state index >= 15 is 0 Å². The van der Waals surface area contributed by atoms with Gasteiger partial charge in [0.15, 0.2) is 0 Å². The number of benzene rings is 1. The molecule has 118 valence electrons. The van der Waals surface area contributed by atoms with Crippen LogP contribution in [0.2, 0.25) is 0 Å². The second kappa shape index (κ2) is 6.18. The van der Waals surface area contributed by atoms with Crippen molar-refractivity contribution in [3.8, 4) is 0 Å². The summed E-state index contributed by atoms with van der Waals surface area (Å²) in [6.07, 6.45) is 1.55. The fourth-order valence-electron chi connectivity index (χ4n) is 2.48. The van der Waals surface area contributed by atoms with Crippen molar-refractivity contribution in [1.82, 2.24) is 4.31 Å². The lowest BCUT2D eigenvalue weighted by atomic mass is 10.1. The highest BCUT2D eigenvalue weighted by Crippen LogP contribution is 2.33. The van der Waals surface area contributed by atoms with Crippen LogP contribution in [0.1, 0.15) is 32.8 Å². The molecule has 0 bridgehead atoms. The highest BCUT2D eigenvalue weighted by Gasteiger charge is 2.31. The molecule has 0 unspecified atom stereocenters. The molecule has 1 aliphatic rings. The van der Waals surface area contributed by atoms with Gasteiger partial charge in [0.2, 0.25) is 10.0 Å². The average molecular weight is 329 g/mol. The second-order valence-electron chi connectivity index (χ2n) is 5.98. The Balaban J connectivity index is 2.36. The number of hydrogen-bond acceptors (Lipinski definition) is 4. The van der Waals surface area contributed by atoms with Crippen LogP contribution in [-0.2, 0) is 16.4 Å². The average Bonchev–Trinajstić information content (AvgIpc) is 2.60. The van der Waals surface area contributed by atoms with Gasteiger partial charge in [-0.1, -0.05) is 26.8 Å². The van der Waals surface area contributed by atoms with E-state index in [1.54, 1.807) is 16.4 Å². The maximum absolute atomic E-state index is 12.9. The van der Waals surface area contributed by atoms with Gasteiger partial charge >= 0.3 is 0 Å². The van der Waals surface area contributed by atoms with Crippen molar-refractivity contribution in [3.63, 3.8) is 0 Å². The topological polar surface area (TPSA) is 63.4 Å². The Bertz CT molecular complexity index is 612. The molecule has 2 N–H and O–H groups in total. The molecule has 0 saturated carbocycles. The van der Waals surface area contributed by atoms with Crippen LogP contribution in [0.3, 0.4) is 0 Å². The van der Waals surface area contributed by atoms with Crippen LogP contribution in [0.15, 0.2) is 23.1 Å². The van der Waals surface area contributed by atoms with Gasteiger partial charge in [-0.3, -0.25) is 0 Å². The van der Waals surface area contributed by atoms with Crippen molar-refractivity contribution in [2.75, 3.05) is 24.6 Å². The van der Waals surface area contributed by atoms with E-state index in [0.29, 0.717) is 30.1 Å². The third-order valence-electron chi connectivity index (χ3n) is 3.89. The highest BCUT2D eigenvalue weighted by molar-refractivity contribution is 8.00. The standard InChI is InChI=1S/C15H24N2O2S2/c1-4-12-5-6-13(16)11-14(12)21(18,19)17-8-7-15(2,3)20-10-9-17/h5-6,11H,4,7-10,16H2,1-3H3. The van der Waals surface area contributed by atoms with Gasteiger partial charge in [-0.15, -0.1) is 0 Å². The Morgan fingerprint density at radius 3 is 2.71 bits per heavy atom. The Hall–Kier alpha value is -0.720. The molecule has 21 heavy (non-hydrogen) atoms. The van der Waals surface area contributed by atoms with Gasteiger partial charge in [-0.25, -0.2) is 8.42 Å². The zero-order valence-electron chi connectivity index (χ0n) is 12.9. The highest BCUT2D eigenvalue weighted by atomic mass is 32.2. The van der Waals surface area contributed by atoms with Crippen molar-refractivity contribution in [1.29, 1.82) is 0 Å². The molecule has 0 spiro atoms. The molecule has 0 amide bonds. The van der Waals surface area contributed by atoms with Gasteiger partial charge in [-0.05, 0) is 30.5 Å². The predicted octanol–water partition coefficient (Wildman–Crippen LogP) is 2.74. The summed E-state index contributed by atoms with van der Waals surface area (Å²) in [4.78, 5) is 0.370. The summed E-state index contributed by atoms with van der Waals surface area (Å²) in [6.45, 7) is 7.44. The molecule has 6 heteroatoms. The van der Waals surface area contributed by atoms with E-state index in [9.17, 15) is 8.42 Å². The predicted molar refractivity (Wildman–Crippen MR) is 90.1 cm³/mol. The third-order valence-corrected chi connectivity index (χ3v) is 7.24. The number of aryl methyl sites for hydroxylation is 1. The van der Waals surface area contributed by atoms with Crippen molar-refractivity contribution >= 4 is 27.5 Å². The van der Waals surface area contributed by atoms with Crippen LogP contribution < -0.4 is 5.73 Å². The van der Waals surface area contributed by atoms with Gasteiger partial charge in [0.1, 0.15) is 0 Å². The number of nitrogens with zero attached hydrogens (tertiary/aromatic N) is 1. The van der Waals surface area contributed by atoms with E-state index in [2.05, 4.69) is 13.8 Å². The third kappa shape index (κ3) is 3.73. The molecule has 4 nitrogen and oxygen atoms in total. The number of sulfonamides is 1. The van der Waals surface area contributed by atoms with Gasteiger partial charge in [0, 0.05) is 29.3 Å². The lowest BCUT2D eigenvalue weighted by Crippen LogP contribution is -2.34. The minimum absolute atomic E-state index is 0.133. The summed E-state index contributed by atoms with van der Waals surface area (Å²) < 4.78 is 27.6. The first-order valence-corrected chi connectivity index (χ1v) is 9.71. The molecule has 0 aromatic heterocycles. The van der Waals surface area contributed by atoms with Crippen LogP contribution in [0.4, 0.5) is 5.69 Å². The summed E-state index contributed by atoms with van der Waals surface area (Å²) >= 11 is 1.84. The maximum atomic E-state index is 12.9. The molecule has 0 atom stereocenters. The normalized spacial score (nSPS) is 20.1. The van der Waals surface area contributed by atoms with E-state index < -0.39 is 10.0 Å². The quantitative estimate of drug-likeness (QED) is 0.867. The summed E-state index contributed by atoms with van der Waals surface area (Å²) in [7, 11) is -3.46. The molecule has 0 radical (unpaired) electrons. The van der Waals surface area contributed by atoms with Crippen molar-refractivity contribution < 1.29 is 8.42 Å². The molecular formula is C15H24N2O2S2. The van der Waals surface area contributed by atoms with Gasteiger partial charge in [0.25, 0.3) is 0 Å². The van der Waals surface area contributed by atoms with Gasteiger partial charge < -0.3 is 5.73 Å². The van der Waals surface area contributed by atoms with Crippen molar-refractivity contribution in [2.45, 2.75) is 43.3 Å². The van der Waals surface area contributed by atoms with E-state index in [0.717, 1.165) is 17.7 Å². The fraction of sp³-hybridized carbons (Fsp3) is 0.600. The fourth-order valence-corrected chi connectivity index (χ4v) is 5.47. The number of hydrogen-bond donors (Lipinski definition) is 1. The Kier molecular flexibility index (Phi) is 4.90. The van der Waals surface area contributed by atoms with E-state index in [4.69, 9.17) is 5.73 Å². The summed E-state index contributed by atoms with van der Waals surface area (Å²) in [6, 6.07) is 5.18. The van der Waals surface area contributed by atoms with Crippen LogP contribution in [0.5, 0.6) is 0 Å². The zero-order valence-corrected chi connectivity index (χ0v) is 14.6. The minimum Gasteiger partial charge on any atom is -0.399 e. The van der Waals surface area contributed by atoms with E-state index in [1.165, 1.54) is 0 Å². The van der Waals surface area contributed by atoms with Crippen molar-refractivity contribution in [2.24, 2.45) is 0 Å². The summed E-state index contributed by atoms with van der Waals surface area (Å²) in [5.74, 6) is 0.829. The van der Waals surface area contributed by atoms with Crippen LogP contribution in [0.25, 0.3) is 0 Å². The molecule has 1 saturated heterocycles. The number of nitrogens with two attached hydrogens (primary N) is 1. The molecule has 1 fully saturated rings. The minimum atomic E-state index is -3.46. The van der Waals surface area contributed by atoms with E-state index in [-0.39, 0.29) is 4.75 Å². The number of nitrogen functional groups attached to an aromatic ring is 1. The van der Waals surface area contributed by atoms with Crippen LogP contribution >= 0.6 is 11.8 Å². The van der Waals surface area contributed by atoms with E-state index in [1.807, 2.05) is 24.8 Å². The van der Waals surface area contributed by atoms with Gasteiger partial charge in [0.05, 0.1) is 4.90 Å². The number of anilines is 1. The second-order valence-corrected chi connectivity index (χ2v) is 9.69. The molecule has 1 aliphatic heterocycles. The molecule has 1 heterocycles. The number of thioether (sulfide) groups is 1. The molecule has 0 aliphatic carbocycles. The lowest BCUT2D eigenvalue weighted by molar-refractivity contribution is 0.415. The van der Waals surface area contributed by atoms with Crippen LogP contribution in [0, 0.1) is 0 Å². The maximum Gasteiger partial charge on any atom is 0.243 e. The molecule has 1 aromatic carbocycles. The zero-order chi connectivity index (χ0) is 15.7. The summed E-state index contributed by atoms with van der Waals surface area (Å²) in [5.41, 5.74) is 7.12. The smallest absolute Gasteiger partial charge is 0.243 e. The molecule has 2 rings (SSSR count). The molecular weight excluding hydrogens is 304 g/mol. The van der Waals surface area contributed by atoms with Crippen molar-refractivity contribution in [3.05, 3.63) is 23.8 Å². The SMILES string of the molecule is CCc1ccc(N)cc1S(=O)(=O)N1CCSC(C)(C)CC1. The molecule has 1 aromatic rings. The lowest BCUT2D eigenvalue weighted by Gasteiger charge is -2.23. The first-order valence-electron chi connectivity index (χ1n) is 7.29. The Morgan fingerprint density at radius 2 is 2.05 bits per heavy atom. The van der Waals surface area contributed by atoms with Crippen LogP contribution in [-0.4, -0.2) is 36.3 Å². The Morgan fingerprint density at radius 1 is 1.33 bits per heavy atom. The monoisotopic (exact) mass is 328 g/mol. The first kappa shape index (κ1) is 16.6. The summed E-state index contributed by atoms with van der Waals surface area (Å²) in [5, 5.41) is 0. The Labute approximate surface area is 132 Å². The number of rotatable bonds is 3.